The molecule has 1 aliphatic rings. The predicted molar refractivity (Wildman–Crippen MR) is 409 cm³/mol. The normalized spacial score (nSPS) is 12.4. The van der Waals surface area contributed by atoms with Gasteiger partial charge in [0.2, 0.25) is 0 Å². The summed E-state index contributed by atoms with van der Waals surface area (Å²) in [5.74, 6) is 5.59. The number of ether oxygens (including phenoxy) is 8. The van der Waals surface area contributed by atoms with Crippen LogP contribution in [-0.4, -0.2) is 40.3 Å². The molecule has 98 heavy (non-hydrogen) atoms. The van der Waals surface area contributed by atoms with Crippen LogP contribution in [-0.2, 0) is 53.6 Å². The predicted octanol–water partition coefficient (Wildman–Crippen LogP) is 25.1. The molecule has 0 N–H and O–H groups in total. The average molecular weight is 1340 g/mol. The number of carbonyl (C=O) groups excluding carboxylic acids is 2. The lowest BCUT2D eigenvalue weighted by atomic mass is 9.79. The number of carbonyl (C=O) groups is 2. The van der Waals surface area contributed by atoms with Gasteiger partial charge in [-0.05, 0) is 278 Å². The van der Waals surface area contributed by atoms with Crippen LogP contribution in [0, 0.1) is 5.92 Å². The molecule has 7 aromatic rings. The van der Waals surface area contributed by atoms with Gasteiger partial charge in [0.1, 0.15) is 68.1 Å². The quantitative estimate of drug-likeness (QED) is 0.0481. The number of hydrogen-bond acceptors (Lipinski definition) is 10. The van der Waals surface area contributed by atoms with Crippen molar-refractivity contribution in [3.05, 3.63) is 215 Å². The van der Waals surface area contributed by atoms with E-state index in [9.17, 15) is 9.59 Å². The van der Waals surface area contributed by atoms with Crippen molar-refractivity contribution < 1.29 is 47.5 Å². The Balaban J connectivity index is 0.000000308. The molecule has 10 nitrogen and oxygen atoms in total. The monoisotopic (exact) mass is 1340 g/mol. The molecule has 0 aromatic heterocycles. The summed E-state index contributed by atoms with van der Waals surface area (Å²) in [6, 6.07) is 58.8. The van der Waals surface area contributed by atoms with Gasteiger partial charge in [0.25, 0.3) is 0 Å². The summed E-state index contributed by atoms with van der Waals surface area (Å²) in [5.41, 5.74) is 7.57. The first kappa shape index (κ1) is 84.5. The van der Waals surface area contributed by atoms with Gasteiger partial charge in [-0.3, -0.25) is 0 Å². The SMILES string of the molecule is CCc1ccc(OC(=O)OC(C)(C)C)cc1.CCc1ccc(OC(=O)OC(CC)(CC)CC)cc1.CCc1ccc(OC(C)(C)C)cc1.CCc1ccc(OC(C)(C)C2CCCCC2)cc1.CCc1ccc(OC(C)(C)CC)cc1.CCc1ccc(OC(C)(C)c2ccccc2)cc1. The minimum atomic E-state index is -0.670. The van der Waals surface area contributed by atoms with Gasteiger partial charge in [-0.25, -0.2) is 9.59 Å². The van der Waals surface area contributed by atoms with E-state index in [1.807, 2.05) is 87.5 Å². The first-order valence-electron chi connectivity index (χ1n) is 36.5. The van der Waals surface area contributed by atoms with Crippen LogP contribution in [0.25, 0.3) is 0 Å². The molecule has 0 heterocycles. The molecule has 10 heteroatoms. The lowest BCUT2D eigenvalue weighted by molar-refractivity contribution is -0.0222. The molecule has 7 aromatic carbocycles. The second-order valence-electron chi connectivity index (χ2n) is 28.7. The Morgan fingerprint density at radius 2 is 0.633 bits per heavy atom. The fourth-order valence-corrected chi connectivity index (χ4v) is 10.5. The smallest absolute Gasteiger partial charge is 0.488 e. The second-order valence-corrected chi connectivity index (χ2v) is 28.7. The van der Waals surface area contributed by atoms with Crippen LogP contribution in [0.3, 0.4) is 0 Å². The van der Waals surface area contributed by atoms with E-state index in [0.29, 0.717) is 17.4 Å². The van der Waals surface area contributed by atoms with E-state index >= 15 is 0 Å². The molecule has 0 radical (unpaired) electrons. The number of hydrogen-bond donors (Lipinski definition) is 0. The number of benzene rings is 7. The number of rotatable bonds is 22. The van der Waals surface area contributed by atoms with Crippen LogP contribution in [0.4, 0.5) is 9.59 Å². The molecule has 8 rings (SSSR count). The van der Waals surface area contributed by atoms with Crippen molar-refractivity contribution in [1.29, 1.82) is 0 Å². The zero-order valence-electron chi connectivity index (χ0n) is 64.5. The van der Waals surface area contributed by atoms with Gasteiger partial charge in [-0.1, -0.05) is 192 Å². The molecule has 1 fully saturated rings. The van der Waals surface area contributed by atoms with Crippen molar-refractivity contribution >= 4 is 12.3 Å². The molecular weight excluding hydrogens is 1220 g/mol. The Morgan fingerprint density at radius 3 is 0.939 bits per heavy atom. The molecule has 538 valence electrons. The Bertz CT molecular complexity index is 3240. The third-order valence-corrected chi connectivity index (χ3v) is 17.5. The van der Waals surface area contributed by atoms with Crippen LogP contribution in [0.2, 0.25) is 0 Å². The van der Waals surface area contributed by atoms with Crippen molar-refractivity contribution in [3.8, 4) is 34.5 Å². The molecule has 0 amide bonds. The standard InChI is InChI=1S/C17H26O.C17H20O.C16H24O3.C13H18O3.C13H20O.C12H18O/c2*1-4-14-10-12-16(13-11-14)18-17(2,3)15-8-6-5-7-9-15;1-5-13-9-11-14(12-10-13)18-15(17)19-16(6-2,7-3)8-4;1-5-10-6-8-11(9-7-10)15-12(14)16-13(2,3)4;1-5-11-7-9-12(10-8-11)14-13(3,4)6-2;1-5-10-6-8-11(9-7-10)13-12(2,3)4/h10-13,15H,4-9H2,1-3H3;5-13H,4H2,1-3H3;9-12H,5-8H2,1-4H3;6-9H,5H2,1-4H3;7-10H,5-6H2,1-4H3;6-9H,5H2,1-4H3. The van der Waals surface area contributed by atoms with Gasteiger partial charge in [0.05, 0.1) is 0 Å². The van der Waals surface area contributed by atoms with Crippen LogP contribution < -0.4 is 28.4 Å². The van der Waals surface area contributed by atoms with E-state index in [1.54, 1.807) is 45.0 Å². The third kappa shape index (κ3) is 33.2. The minimum Gasteiger partial charge on any atom is -0.488 e. The lowest BCUT2D eigenvalue weighted by Gasteiger charge is -2.37. The van der Waals surface area contributed by atoms with E-state index in [4.69, 9.17) is 37.9 Å². The molecule has 0 aliphatic heterocycles. The fraction of sp³-hybridized carbons (Fsp3) is 0.500. The first-order chi connectivity index (χ1) is 46.3. The zero-order chi connectivity index (χ0) is 73.0. The van der Waals surface area contributed by atoms with E-state index < -0.39 is 23.5 Å². The zero-order valence-corrected chi connectivity index (χ0v) is 64.5. The van der Waals surface area contributed by atoms with E-state index in [0.717, 1.165) is 87.2 Å². The lowest BCUT2D eigenvalue weighted by Crippen LogP contribution is -2.38. The Labute approximate surface area is 594 Å². The molecular formula is C88H126O10. The average Bonchev–Trinajstić information content (AvgIpc) is 0.847. The van der Waals surface area contributed by atoms with Crippen molar-refractivity contribution in [2.45, 2.75) is 282 Å². The molecule has 0 atom stereocenters. The van der Waals surface area contributed by atoms with Crippen LogP contribution in [0.15, 0.2) is 176 Å². The summed E-state index contributed by atoms with van der Waals surface area (Å²) in [7, 11) is 0. The highest BCUT2D eigenvalue weighted by atomic mass is 16.7. The maximum Gasteiger partial charge on any atom is 0.514 e. The van der Waals surface area contributed by atoms with Gasteiger partial charge in [-0.15, -0.1) is 0 Å². The molecule has 0 spiro atoms. The highest BCUT2D eigenvalue weighted by Crippen LogP contribution is 2.36. The van der Waals surface area contributed by atoms with Gasteiger partial charge in [-0.2, -0.15) is 0 Å². The van der Waals surface area contributed by atoms with Crippen LogP contribution in [0.1, 0.15) is 249 Å². The Morgan fingerprint density at radius 1 is 0.327 bits per heavy atom. The maximum absolute atomic E-state index is 11.8. The highest BCUT2D eigenvalue weighted by Gasteiger charge is 2.33. The molecule has 0 unspecified atom stereocenters. The summed E-state index contributed by atoms with van der Waals surface area (Å²) in [5, 5.41) is 0. The van der Waals surface area contributed by atoms with E-state index in [-0.39, 0.29) is 22.4 Å². The van der Waals surface area contributed by atoms with Crippen molar-refractivity contribution in [3.63, 3.8) is 0 Å². The highest BCUT2D eigenvalue weighted by molar-refractivity contribution is 5.65. The molecule has 0 saturated heterocycles. The van der Waals surface area contributed by atoms with Crippen LogP contribution in [0.5, 0.6) is 34.5 Å². The Hall–Kier alpha value is -7.72. The van der Waals surface area contributed by atoms with E-state index in [1.165, 1.54) is 71.0 Å². The van der Waals surface area contributed by atoms with Crippen molar-refractivity contribution in [2.24, 2.45) is 5.92 Å². The molecule has 1 saturated carbocycles. The van der Waals surface area contributed by atoms with Crippen molar-refractivity contribution in [2.75, 3.05) is 0 Å². The summed E-state index contributed by atoms with van der Waals surface area (Å²) < 4.78 is 44.6. The molecule has 1 aliphatic carbocycles. The van der Waals surface area contributed by atoms with Crippen LogP contribution >= 0.6 is 0 Å². The van der Waals surface area contributed by atoms with Gasteiger partial charge in [0, 0.05) is 0 Å². The number of aryl methyl sites for hydroxylation is 6. The largest absolute Gasteiger partial charge is 0.514 e. The second kappa shape index (κ2) is 42.3. The minimum absolute atomic E-state index is 0.0336. The van der Waals surface area contributed by atoms with Crippen molar-refractivity contribution in [1.82, 2.24) is 0 Å². The fourth-order valence-electron chi connectivity index (χ4n) is 10.5. The van der Waals surface area contributed by atoms with E-state index in [2.05, 4.69) is 196 Å². The topological polar surface area (TPSA) is 108 Å². The molecule has 0 bridgehead atoms. The first-order valence-corrected chi connectivity index (χ1v) is 36.5. The summed E-state index contributed by atoms with van der Waals surface area (Å²) in [6.45, 7) is 45.5. The van der Waals surface area contributed by atoms with Gasteiger partial charge in [0.15, 0.2) is 0 Å². The maximum atomic E-state index is 11.8. The summed E-state index contributed by atoms with van der Waals surface area (Å²) in [6.07, 6.45) is 15.1. The third-order valence-electron chi connectivity index (χ3n) is 17.5. The summed E-state index contributed by atoms with van der Waals surface area (Å²) in [4.78, 5) is 23.2. The Kier molecular flexibility index (Phi) is 36.5. The summed E-state index contributed by atoms with van der Waals surface area (Å²) >= 11 is 0. The van der Waals surface area contributed by atoms with Gasteiger partial charge >= 0.3 is 12.3 Å². The van der Waals surface area contributed by atoms with Gasteiger partial charge < -0.3 is 37.9 Å².